The van der Waals surface area contributed by atoms with E-state index in [-0.39, 0.29) is 11.5 Å². The van der Waals surface area contributed by atoms with E-state index in [1.807, 2.05) is 0 Å². The molecule has 0 aromatic rings. The Labute approximate surface area is 146 Å². The number of hydrogen-bond donors (Lipinski definition) is 0. The van der Waals surface area contributed by atoms with Crippen LogP contribution >= 0.6 is 0 Å². The second-order valence-corrected chi connectivity index (χ2v) is 8.61. The molecule has 1 aliphatic carbocycles. The first-order valence-electron chi connectivity index (χ1n) is 10.4. The summed E-state index contributed by atoms with van der Waals surface area (Å²) in [5, 5.41) is 0. The smallest absolute Gasteiger partial charge is 0.225 e. The maximum absolute atomic E-state index is 13.2. The first kappa shape index (κ1) is 16.8. The summed E-state index contributed by atoms with van der Waals surface area (Å²) in [6.45, 7) is 5.23. The molecule has 3 saturated heterocycles. The molecule has 0 N–H and O–H groups in total. The molecular weight excluding hydrogens is 300 g/mol. The SMILES string of the molecule is O=C(C1CCOC2(CCCC2)C1)N1CCCC(N2CCCCC2)C1. The van der Waals surface area contributed by atoms with Gasteiger partial charge in [-0.1, -0.05) is 19.3 Å². The van der Waals surface area contributed by atoms with Crippen molar-refractivity contribution in [2.45, 2.75) is 82.3 Å². The lowest BCUT2D eigenvalue weighted by Gasteiger charge is -2.44. The molecule has 1 amide bonds. The van der Waals surface area contributed by atoms with Gasteiger partial charge in [0.05, 0.1) is 5.60 Å². The second kappa shape index (κ2) is 7.33. The Hall–Kier alpha value is -0.610. The topological polar surface area (TPSA) is 32.8 Å². The number of nitrogens with zero attached hydrogens (tertiary/aromatic N) is 2. The third-order valence-electron chi connectivity index (χ3n) is 6.97. The minimum absolute atomic E-state index is 0.0562. The Kier molecular flexibility index (Phi) is 5.14. The number of carbonyl (C=O) groups excluding carboxylic acids is 1. The first-order valence-corrected chi connectivity index (χ1v) is 10.4. The third-order valence-corrected chi connectivity index (χ3v) is 6.97. The summed E-state index contributed by atoms with van der Waals surface area (Å²) in [5.41, 5.74) is 0.0562. The van der Waals surface area contributed by atoms with Crippen LogP contribution in [-0.2, 0) is 9.53 Å². The highest BCUT2D eigenvalue weighted by molar-refractivity contribution is 5.79. The Bertz CT molecular complexity index is 441. The summed E-state index contributed by atoms with van der Waals surface area (Å²) in [6.07, 6.45) is 13.4. The fourth-order valence-electron chi connectivity index (χ4n) is 5.60. The van der Waals surface area contributed by atoms with Crippen molar-refractivity contribution >= 4 is 5.91 Å². The van der Waals surface area contributed by atoms with Crippen molar-refractivity contribution in [2.24, 2.45) is 5.92 Å². The molecular formula is C20H34N2O2. The van der Waals surface area contributed by atoms with E-state index in [0.717, 1.165) is 32.5 Å². The average molecular weight is 335 g/mol. The normalized spacial score (nSPS) is 34.6. The Morgan fingerprint density at radius 2 is 1.71 bits per heavy atom. The van der Waals surface area contributed by atoms with Crippen molar-refractivity contribution in [2.75, 3.05) is 32.8 Å². The summed E-state index contributed by atoms with van der Waals surface area (Å²) in [5.74, 6) is 0.656. The van der Waals surface area contributed by atoms with Crippen LogP contribution in [0.1, 0.15) is 70.6 Å². The van der Waals surface area contributed by atoms with Gasteiger partial charge in [-0.15, -0.1) is 0 Å². The van der Waals surface area contributed by atoms with Crippen LogP contribution in [-0.4, -0.2) is 60.1 Å². The van der Waals surface area contributed by atoms with Gasteiger partial charge in [-0.3, -0.25) is 9.69 Å². The number of piperidine rings is 2. The summed E-state index contributed by atoms with van der Waals surface area (Å²) in [7, 11) is 0. The molecule has 136 valence electrons. The number of carbonyl (C=O) groups is 1. The number of amides is 1. The zero-order chi connectivity index (χ0) is 16.4. The van der Waals surface area contributed by atoms with Gasteiger partial charge in [-0.2, -0.15) is 0 Å². The summed E-state index contributed by atoms with van der Waals surface area (Å²) in [4.78, 5) is 18.0. The Morgan fingerprint density at radius 1 is 0.917 bits per heavy atom. The Morgan fingerprint density at radius 3 is 2.50 bits per heavy atom. The van der Waals surface area contributed by atoms with E-state index in [9.17, 15) is 4.79 Å². The van der Waals surface area contributed by atoms with Crippen molar-refractivity contribution < 1.29 is 9.53 Å². The highest BCUT2D eigenvalue weighted by Crippen LogP contribution is 2.42. The zero-order valence-corrected chi connectivity index (χ0v) is 15.2. The third kappa shape index (κ3) is 3.50. The number of rotatable bonds is 2. The van der Waals surface area contributed by atoms with Crippen molar-refractivity contribution in [3.05, 3.63) is 0 Å². The zero-order valence-electron chi connectivity index (χ0n) is 15.2. The van der Waals surface area contributed by atoms with Crippen LogP contribution in [0.25, 0.3) is 0 Å². The van der Waals surface area contributed by atoms with Gasteiger partial charge in [0.25, 0.3) is 0 Å². The molecule has 0 bridgehead atoms. The van der Waals surface area contributed by atoms with Crippen LogP contribution in [0.4, 0.5) is 0 Å². The van der Waals surface area contributed by atoms with Gasteiger partial charge in [-0.25, -0.2) is 0 Å². The maximum Gasteiger partial charge on any atom is 0.225 e. The average Bonchev–Trinajstić information content (AvgIpc) is 3.09. The predicted octanol–water partition coefficient (Wildman–Crippen LogP) is 3.20. The monoisotopic (exact) mass is 334 g/mol. The van der Waals surface area contributed by atoms with Gasteiger partial charge in [-0.05, 0) is 64.5 Å². The lowest BCUT2D eigenvalue weighted by Crippen LogP contribution is -2.53. The molecule has 3 heterocycles. The molecule has 4 rings (SSSR count). The van der Waals surface area contributed by atoms with Crippen molar-refractivity contribution in [1.29, 1.82) is 0 Å². The molecule has 4 fully saturated rings. The standard InChI is InChI=1S/C20H34N2O2/c23-19(17-8-14-24-20(15-17)9-2-3-10-20)22-13-6-7-18(16-22)21-11-4-1-5-12-21/h17-18H,1-16H2. The van der Waals surface area contributed by atoms with Crippen LogP contribution < -0.4 is 0 Å². The van der Waals surface area contributed by atoms with Crippen molar-refractivity contribution in [1.82, 2.24) is 9.80 Å². The van der Waals surface area contributed by atoms with E-state index in [1.54, 1.807) is 0 Å². The number of likely N-dealkylation sites (tertiary alicyclic amines) is 2. The fourth-order valence-corrected chi connectivity index (χ4v) is 5.60. The van der Waals surface area contributed by atoms with Crippen LogP contribution in [0.5, 0.6) is 0 Å². The molecule has 0 aromatic carbocycles. The molecule has 2 atom stereocenters. The lowest BCUT2D eigenvalue weighted by molar-refractivity contribution is -0.150. The highest BCUT2D eigenvalue weighted by atomic mass is 16.5. The van der Waals surface area contributed by atoms with Gasteiger partial charge in [0.15, 0.2) is 0 Å². The molecule has 1 spiro atoms. The molecule has 1 saturated carbocycles. The van der Waals surface area contributed by atoms with E-state index in [4.69, 9.17) is 4.74 Å². The van der Waals surface area contributed by atoms with Crippen molar-refractivity contribution in [3.8, 4) is 0 Å². The molecule has 4 nitrogen and oxygen atoms in total. The van der Waals surface area contributed by atoms with E-state index in [2.05, 4.69) is 9.80 Å². The van der Waals surface area contributed by atoms with Gasteiger partial charge >= 0.3 is 0 Å². The predicted molar refractivity (Wildman–Crippen MR) is 94.9 cm³/mol. The molecule has 4 heteroatoms. The fraction of sp³-hybridized carbons (Fsp3) is 0.950. The van der Waals surface area contributed by atoms with E-state index >= 15 is 0 Å². The molecule has 4 aliphatic rings. The van der Waals surface area contributed by atoms with Gasteiger partial charge < -0.3 is 9.64 Å². The summed E-state index contributed by atoms with van der Waals surface area (Å²) < 4.78 is 6.13. The largest absolute Gasteiger partial charge is 0.375 e. The van der Waals surface area contributed by atoms with E-state index < -0.39 is 0 Å². The van der Waals surface area contributed by atoms with Gasteiger partial charge in [0.2, 0.25) is 5.91 Å². The van der Waals surface area contributed by atoms with Gasteiger partial charge in [0.1, 0.15) is 0 Å². The van der Waals surface area contributed by atoms with Gasteiger partial charge in [0, 0.05) is 31.7 Å². The minimum Gasteiger partial charge on any atom is -0.375 e. The maximum atomic E-state index is 13.2. The molecule has 0 aromatic heterocycles. The first-order chi connectivity index (χ1) is 11.8. The molecule has 24 heavy (non-hydrogen) atoms. The van der Waals surface area contributed by atoms with Crippen LogP contribution in [0.15, 0.2) is 0 Å². The summed E-state index contributed by atoms with van der Waals surface area (Å²) >= 11 is 0. The Balaban J connectivity index is 1.36. The molecule has 0 radical (unpaired) electrons. The van der Waals surface area contributed by atoms with E-state index in [0.29, 0.717) is 11.9 Å². The summed E-state index contributed by atoms with van der Waals surface area (Å²) in [6, 6.07) is 0.614. The second-order valence-electron chi connectivity index (χ2n) is 8.61. The number of ether oxygens (including phenoxy) is 1. The van der Waals surface area contributed by atoms with Crippen molar-refractivity contribution in [3.63, 3.8) is 0 Å². The molecule has 3 aliphatic heterocycles. The highest BCUT2D eigenvalue weighted by Gasteiger charge is 2.43. The van der Waals surface area contributed by atoms with E-state index in [1.165, 1.54) is 70.9 Å². The van der Waals surface area contributed by atoms with Crippen LogP contribution in [0, 0.1) is 5.92 Å². The quantitative estimate of drug-likeness (QED) is 0.777. The van der Waals surface area contributed by atoms with Crippen LogP contribution in [0.2, 0.25) is 0 Å². The lowest BCUT2D eigenvalue weighted by atomic mass is 9.83. The molecule has 2 unspecified atom stereocenters. The minimum atomic E-state index is 0.0562. The number of hydrogen-bond acceptors (Lipinski definition) is 3. The van der Waals surface area contributed by atoms with Crippen LogP contribution in [0.3, 0.4) is 0 Å².